The van der Waals surface area contributed by atoms with Crippen LogP contribution in [-0.4, -0.2) is 23.6 Å². The molecule has 0 atom stereocenters. The van der Waals surface area contributed by atoms with Crippen LogP contribution in [0.4, 0.5) is 5.69 Å². The third-order valence-electron chi connectivity index (χ3n) is 5.02. The van der Waals surface area contributed by atoms with Crippen LogP contribution in [0.5, 0.6) is 0 Å². The van der Waals surface area contributed by atoms with Crippen molar-refractivity contribution in [2.45, 2.75) is 59.5 Å². The molecule has 1 aromatic carbocycles. The molecule has 5 nitrogen and oxygen atoms in total. The normalized spacial score (nSPS) is 16.6. The molecule has 5 heteroatoms. The molecule has 1 N–H and O–H groups in total. The Morgan fingerprint density at radius 3 is 2.12 bits per heavy atom. The number of esters is 1. The van der Waals surface area contributed by atoms with E-state index in [4.69, 9.17) is 4.74 Å². The Morgan fingerprint density at radius 2 is 1.65 bits per heavy atom. The van der Waals surface area contributed by atoms with E-state index in [1.165, 1.54) is 6.20 Å². The van der Waals surface area contributed by atoms with Gasteiger partial charge in [-0.15, -0.1) is 0 Å². The van der Waals surface area contributed by atoms with Crippen molar-refractivity contribution in [2.75, 3.05) is 5.32 Å². The number of ketones is 2. The minimum atomic E-state index is -0.377. The zero-order valence-corrected chi connectivity index (χ0v) is 15.9. The third-order valence-corrected chi connectivity index (χ3v) is 5.02. The number of hydrogen-bond donors (Lipinski definition) is 1. The Kier molecular flexibility index (Phi) is 6.35. The van der Waals surface area contributed by atoms with Crippen molar-refractivity contribution >= 4 is 23.2 Å². The number of ether oxygens (including phenoxy) is 1. The number of hydrogen-bond acceptors (Lipinski definition) is 5. The second kappa shape index (κ2) is 8.30. The van der Waals surface area contributed by atoms with Crippen LogP contribution in [0.1, 0.15) is 63.7 Å². The Balaban J connectivity index is 2.06. The summed E-state index contributed by atoms with van der Waals surface area (Å²) in [6.07, 6.45) is 3.80. The molecule has 0 unspecified atom stereocenters. The summed E-state index contributed by atoms with van der Waals surface area (Å²) in [6.45, 7) is 7.65. The molecule has 2 rings (SSSR count). The number of anilines is 1. The Labute approximate surface area is 154 Å². The van der Waals surface area contributed by atoms with Crippen LogP contribution in [0.15, 0.2) is 36.0 Å². The SMILES string of the molecule is CCC1(CC)CC(=O)C(=CNc2ccc(C(=O)OC(C)C)cc2)C(=O)C1. The molecule has 1 aliphatic carbocycles. The zero-order chi connectivity index (χ0) is 19.3. The van der Waals surface area contributed by atoms with Gasteiger partial charge in [0, 0.05) is 24.7 Å². The van der Waals surface area contributed by atoms with Gasteiger partial charge in [-0.1, -0.05) is 13.8 Å². The van der Waals surface area contributed by atoms with Crippen LogP contribution in [-0.2, 0) is 14.3 Å². The van der Waals surface area contributed by atoms with Crippen molar-refractivity contribution in [1.29, 1.82) is 0 Å². The third kappa shape index (κ3) is 4.59. The van der Waals surface area contributed by atoms with E-state index < -0.39 is 0 Å². The summed E-state index contributed by atoms with van der Waals surface area (Å²) in [6, 6.07) is 6.73. The molecule has 1 saturated carbocycles. The van der Waals surface area contributed by atoms with Crippen molar-refractivity contribution in [1.82, 2.24) is 0 Å². The first-order valence-corrected chi connectivity index (χ1v) is 9.14. The summed E-state index contributed by atoms with van der Waals surface area (Å²) in [5.74, 6) is -0.581. The van der Waals surface area contributed by atoms with Gasteiger partial charge in [-0.2, -0.15) is 0 Å². The number of nitrogens with one attached hydrogen (secondary N) is 1. The fourth-order valence-electron chi connectivity index (χ4n) is 3.14. The number of Topliss-reactive ketones (excluding diaryl/α,β-unsaturated/α-hetero) is 2. The minimum absolute atomic E-state index is 0.102. The van der Waals surface area contributed by atoms with Crippen LogP contribution in [0.25, 0.3) is 0 Å². The van der Waals surface area contributed by atoms with Gasteiger partial charge in [0.15, 0.2) is 11.6 Å². The molecular formula is C21H27NO4. The van der Waals surface area contributed by atoms with Crippen molar-refractivity contribution in [3.63, 3.8) is 0 Å². The monoisotopic (exact) mass is 357 g/mol. The van der Waals surface area contributed by atoms with Crippen LogP contribution >= 0.6 is 0 Å². The molecule has 0 aromatic heterocycles. The highest BCUT2D eigenvalue weighted by Crippen LogP contribution is 2.40. The van der Waals surface area contributed by atoms with Gasteiger partial charge in [0.25, 0.3) is 0 Å². The lowest BCUT2D eigenvalue weighted by molar-refractivity contribution is -0.128. The molecule has 1 fully saturated rings. The summed E-state index contributed by atoms with van der Waals surface area (Å²) in [5.41, 5.74) is 1.19. The van der Waals surface area contributed by atoms with E-state index >= 15 is 0 Å². The molecule has 0 bridgehead atoms. The maximum atomic E-state index is 12.4. The van der Waals surface area contributed by atoms with E-state index in [0.29, 0.717) is 24.1 Å². The summed E-state index contributed by atoms with van der Waals surface area (Å²) < 4.78 is 5.14. The molecule has 1 aromatic rings. The average Bonchev–Trinajstić information content (AvgIpc) is 2.60. The molecule has 0 spiro atoms. The topological polar surface area (TPSA) is 72.5 Å². The summed E-state index contributed by atoms with van der Waals surface area (Å²) in [5, 5.41) is 2.99. The number of carbonyl (C=O) groups excluding carboxylic acids is 3. The average molecular weight is 357 g/mol. The number of rotatable bonds is 6. The molecule has 0 amide bonds. The second-order valence-corrected chi connectivity index (χ2v) is 7.14. The van der Waals surface area contributed by atoms with E-state index in [2.05, 4.69) is 5.32 Å². The minimum Gasteiger partial charge on any atom is -0.459 e. The van der Waals surface area contributed by atoms with E-state index in [0.717, 1.165) is 12.8 Å². The molecule has 0 aliphatic heterocycles. The van der Waals surface area contributed by atoms with Crippen molar-refractivity contribution in [2.24, 2.45) is 5.41 Å². The predicted octanol–water partition coefficient (Wildman–Crippen LogP) is 4.29. The van der Waals surface area contributed by atoms with E-state index in [9.17, 15) is 14.4 Å². The fraction of sp³-hybridized carbons (Fsp3) is 0.476. The van der Waals surface area contributed by atoms with Crippen molar-refractivity contribution in [3.05, 3.63) is 41.6 Å². The molecule has 0 heterocycles. The Morgan fingerprint density at radius 1 is 1.12 bits per heavy atom. The van der Waals surface area contributed by atoms with E-state index in [1.807, 2.05) is 13.8 Å². The quantitative estimate of drug-likeness (QED) is 0.467. The first-order valence-electron chi connectivity index (χ1n) is 9.14. The lowest BCUT2D eigenvalue weighted by Gasteiger charge is -2.34. The molecule has 0 radical (unpaired) electrons. The maximum absolute atomic E-state index is 12.4. The van der Waals surface area contributed by atoms with Gasteiger partial charge in [-0.25, -0.2) is 4.79 Å². The van der Waals surface area contributed by atoms with Crippen LogP contribution in [0, 0.1) is 5.41 Å². The smallest absolute Gasteiger partial charge is 0.338 e. The molecular weight excluding hydrogens is 330 g/mol. The highest BCUT2D eigenvalue weighted by molar-refractivity contribution is 6.22. The Bertz CT molecular complexity index is 690. The highest BCUT2D eigenvalue weighted by Gasteiger charge is 2.39. The fourth-order valence-corrected chi connectivity index (χ4v) is 3.14. The number of allylic oxidation sites excluding steroid dienone is 1. The van der Waals surface area contributed by atoms with Crippen molar-refractivity contribution < 1.29 is 19.1 Å². The van der Waals surface area contributed by atoms with Gasteiger partial charge in [0.2, 0.25) is 0 Å². The van der Waals surface area contributed by atoms with E-state index in [1.54, 1.807) is 38.1 Å². The van der Waals surface area contributed by atoms with Gasteiger partial charge in [0.1, 0.15) is 0 Å². The first-order chi connectivity index (χ1) is 12.3. The van der Waals surface area contributed by atoms with Crippen LogP contribution in [0.3, 0.4) is 0 Å². The van der Waals surface area contributed by atoms with Crippen LogP contribution in [0.2, 0.25) is 0 Å². The van der Waals surface area contributed by atoms with Gasteiger partial charge >= 0.3 is 5.97 Å². The van der Waals surface area contributed by atoms with Crippen LogP contribution < -0.4 is 5.32 Å². The van der Waals surface area contributed by atoms with E-state index in [-0.39, 0.29) is 34.6 Å². The van der Waals surface area contributed by atoms with Gasteiger partial charge in [-0.05, 0) is 56.4 Å². The van der Waals surface area contributed by atoms with Gasteiger partial charge in [-0.3, -0.25) is 9.59 Å². The van der Waals surface area contributed by atoms with Gasteiger partial charge < -0.3 is 10.1 Å². The Hall–Kier alpha value is -2.43. The molecule has 26 heavy (non-hydrogen) atoms. The number of benzene rings is 1. The second-order valence-electron chi connectivity index (χ2n) is 7.14. The summed E-state index contributed by atoms with van der Waals surface area (Å²) in [7, 11) is 0. The summed E-state index contributed by atoms with van der Waals surface area (Å²) in [4.78, 5) is 36.7. The standard InChI is InChI=1S/C21H27NO4/c1-5-21(6-2)11-18(23)17(19(24)12-21)13-22-16-9-7-15(8-10-16)20(25)26-14(3)4/h7-10,13-14,22H,5-6,11-12H2,1-4H3. The van der Waals surface area contributed by atoms with Crippen molar-refractivity contribution in [3.8, 4) is 0 Å². The first kappa shape index (κ1) is 19.9. The zero-order valence-electron chi connectivity index (χ0n) is 15.9. The maximum Gasteiger partial charge on any atom is 0.338 e. The lowest BCUT2D eigenvalue weighted by Crippen LogP contribution is -2.35. The largest absolute Gasteiger partial charge is 0.459 e. The summed E-state index contributed by atoms with van der Waals surface area (Å²) >= 11 is 0. The predicted molar refractivity (Wildman–Crippen MR) is 101 cm³/mol. The molecule has 1 aliphatic rings. The van der Waals surface area contributed by atoms with Gasteiger partial charge in [0.05, 0.1) is 17.2 Å². The molecule has 0 saturated heterocycles. The molecule has 140 valence electrons. The lowest BCUT2D eigenvalue weighted by atomic mass is 9.68. The number of carbonyl (C=O) groups is 3. The highest BCUT2D eigenvalue weighted by atomic mass is 16.5.